The summed E-state index contributed by atoms with van der Waals surface area (Å²) in [6, 6.07) is 5.17. The average Bonchev–Trinajstić information content (AvgIpc) is 2.54. The lowest BCUT2D eigenvalue weighted by Gasteiger charge is -2.23. The predicted molar refractivity (Wildman–Crippen MR) is 93.7 cm³/mol. The summed E-state index contributed by atoms with van der Waals surface area (Å²) in [6.07, 6.45) is 7.31. The molecule has 1 saturated carbocycles. The zero-order chi connectivity index (χ0) is 16.2. The van der Waals surface area contributed by atoms with E-state index in [9.17, 15) is 0 Å². The van der Waals surface area contributed by atoms with E-state index >= 15 is 0 Å². The van der Waals surface area contributed by atoms with Gasteiger partial charge in [-0.25, -0.2) is 4.98 Å². The first-order chi connectivity index (χ1) is 11.1. The molecule has 0 aliphatic heterocycles. The van der Waals surface area contributed by atoms with E-state index < -0.39 is 0 Å². The van der Waals surface area contributed by atoms with E-state index in [0.29, 0.717) is 33.1 Å². The molecule has 0 saturated heterocycles. The second kappa shape index (κ2) is 7.23. The van der Waals surface area contributed by atoms with Crippen molar-refractivity contribution in [3.63, 3.8) is 0 Å². The quantitative estimate of drug-likeness (QED) is 0.824. The number of rotatable bonds is 4. The molecule has 0 atom stereocenters. The normalized spacial score (nSPS) is 15.4. The van der Waals surface area contributed by atoms with Crippen molar-refractivity contribution in [3.05, 3.63) is 34.6 Å². The lowest BCUT2D eigenvalue weighted by atomic mass is 9.98. The monoisotopic (exact) mass is 352 g/mol. The van der Waals surface area contributed by atoms with Crippen molar-refractivity contribution in [3.8, 4) is 5.88 Å². The van der Waals surface area contributed by atoms with Crippen LogP contribution in [0.1, 0.15) is 32.1 Å². The molecule has 1 heterocycles. The van der Waals surface area contributed by atoms with Gasteiger partial charge in [0.15, 0.2) is 5.82 Å². The predicted octanol–water partition coefficient (Wildman–Crippen LogP) is 4.82. The van der Waals surface area contributed by atoms with Crippen LogP contribution in [0.15, 0.2) is 24.5 Å². The Bertz CT molecular complexity index is 690. The molecule has 2 aromatic rings. The van der Waals surface area contributed by atoms with Gasteiger partial charge in [0.2, 0.25) is 5.88 Å². The summed E-state index contributed by atoms with van der Waals surface area (Å²) in [5.41, 5.74) is 7.20. The van der Waals surface area contributed by atoms with Crippen LogP contribution >= 0.6 is 23.2 Å². The first kappa shape index (κ1) is 16.1. The van der Waals surface area contributed by atoms with E-state index in [1.807, 2.05) is 0 Å². The van der Waals surface area contributed by atoms with Gasteiger partial charge in [-0.1, -0.05) is 29.6 Å². The average molecular weight is 353 g/mol. The fourth-order valence-electron chi connectivity index (χ4n) is 2.63. The lowest BCUT2D eigenvalue weighted by Crippen LogP contribution is -2.21. The van der Waals surface area contributed by atoms with Crippen LogP contribution in [0.5, 0.6) is 5.88 Å². The Morgan fingerprint density at radius 1 is 1.13 bits per heavy atom. The number of nitrogens with zero attached hydrogens (tertiary/aromatic N) is 2. The van der Waals surface area contributed by atoms with E-state index in [4.69, 9.17) is 33.7 Å². The van der Waals surface area contributed by atoms with Gasteiger partial charge in [-0.05, 0) is 43.9 Å². The standard InChI is InChI=1S/C16H18Cl2N4O/c17-10-6-7-13(12(18)8-10)22-15-14(19)16(21-9-20-15)23-11-4-2-1-3-5-11/h6-9,11H,1-5,19H2,(H,20,21,22). The molecular formula is C16H18Cl2N4O. The molecule has 0 spiro atoms. The minimum atomic E-state index is 0.174. The molecule has 122 valence electrons. The summed E-state index contributed by atoms with van der Waals surface area (Å²) in [7, 11) is 0. The number of aromatic nitrogens is 2. The highest BCUT2D eigenvalue weighted by atomic mass is 35.5. The number of hydrogen-bond donors (Lipinski definition) is 2. The maximum Gasteiger partial charge on any atom is 0.242 e. The van der Waals surface area contributed by atoms with Crippen molar-refractivity contribution in [1.82, 2.24) is 9.97 Å². The highest BCUT2D eigenvalue weighted by molar-refractivity contribution is 6.36. The maximum atomic E-state index is 6.16. The Labute approximate surface area is 145 Å². The molecule has 23 heavy (non-hydrogen) atoms. The largest absolute Gasteiger partial charge is 0.473 e. The third-order valence-electron chi connectivity index (χ3n) is 3.86. The number of nitrogens with one attached hydrogen (secondary N) is 1. The number of benzene rings is 1. The molecule has 0 bridgehead atoms. The molecular weight excluding hydrogens is 335 g/mol. The second-order valence-corrected chi connectivity index (χ2v) is 6.41. The molecule has 0 radical (unpaired) electrons. The summed E-state index contributed by atoms with van der Waals surface area (Å²) in [4.78, 5) is 8.33. The van der Waals surface area contributed by atoms with E-state index in [0.717, 1.165) is 12.8 Å². The van der Waals surface area contributed by atoms with Crippen LogP contribution in [0.25, 0.3) is 0 Å². The Morgan fingerprint density at radius 2 is 1.91 bits per heavy atom. The van der Waals surface area contributed by atoms with Gasteiger partial charge < -0.3 is 15.8 Å². The molecule has 1 aromatic carbocycles. The molecule has 5 nitrogen and oxygen atoms in total. The number of nitrogen functional groups attached to an aromatic ring is 1. The topological polar surface area (TPSA) is 73.1 Å². The van der Waals surface area contributed by atoms with Gasteiger partial charge in [-0.2, -0.15) is 4.98 Å². The van der Waals surface area contributed by atoms with Crippen molar-refractivity contribution in [1.29, 1.82) is 0 Å². The summed E-state index contributed by atoms with van der Waals surface area (Å²) >= 11 is 12.1. The molecule has 1 aliphatic carbocycles. The molecule has 7 heteroatoms. The Balaban J connectivity index is 1.78. The van der Waals surface area contributed by atoms with Crippen molar-refractivity contribution in [2.24, 2.45) is 0 Å². The number of nitrogens with two attached hydrogens (primary N) is 1. The number of hydrogen-bond acceptors (Lipinski definition) is 5. The zero-order valence-electron chi connectivity index (χ0n) is 12.6. The van der Waals surface area contributed by atoms with E-state index in [1.165, 1.54) is 25.6 Å². The van der Waals surface area contributed by atoms with Crippen LogP contribution in [0, 0.1) is 0 Å². The third kappa shape index (κ3) is 3.98. The van der Waals surface area contributed by atoms with E-state index in [1.54, 1.807) is 18.2 Å². The van der Waals surface area contributed by atoms with Gasteiger partial charge in [-0.15, -0.1) is 0 Å². The van der Waals surface area contributed by atoms with Gasteiger partial charge in [0.05, 0.1) is 10.7 Å². The van der Waals surface area contributed by atoms with Gasteiger partial charge >= 0.3 is 0 Å². The summed E-state index contributed by atoms with van der Waals surface area (Å²) in [5.74, 6) is 0.884. The third-order valence-corrected chi connectivity index (χ3v) is 4.41. The van der Waals surface area contributed by atoms with Crippen molar-refractivity contribution in [2.45, 2.75) is 38.2 Å². The van der Waals surface area contributed by atoms with Crippen molar-refractivity contribution in [2.75, 3.05) is 11.1 Å². The van der Waals surface area contributed by atoms with E-state index in [2.05, 4.69) is 15.3 Å². The smallest absolute Gasteiger partial charge is 0.242 e. The van der Waals surface area contributed by atoms with Gasteiger partial charge in [0, 0.05) is 5.02 Å². The minimum Gasteiger partial charge on any atom is -0.473 e. The number of ether oxygens (including phenoxy) is 1. The number of anilines is 3. The SMILES string of the molecule is Nc1c(Nc2ccc(Cl)cc2Cl)ncnc1OC1CCCCC1. The van der Waals surface area contributed by atoms with Gasteiger partial charge in [0.1, 0.15) is 18.1 Å². The number of halogens is 2. The van der Waals surface area contributed by atoms with E-state index in [-0.39, 0.29) is 6.10 Å². The molecule has 0 amide bonds. The van der Waals surface area contributed by atoms with Crippen LogP contribution in [0.4, 0.5) is 17.2 Å². The maximum absolute atomic E-state index is 6.16. The van der Waals surface area contributed by atoms with Gasteiger partial charge in [-0.3, -0.25) is 0 Å². The Morgan fingerprint density at radius 3 is 2.65 bits per heavy atom. The first-order valence-corrected chi connectivity index (χ1v) is 8.38. The summed E-state index contributed by atoms with van der Waals surface area (Å²) < 4.78 is 5.94. The van der Waals surface area contributed by atoms with Crippen molar-refractivity contribution < 1.29 is 4.74 Å². The second-order valence-electron chi connectivity index (χ2n) is 5.57. The summed E-state index contributed by atoms with van der Waals surface area (Å²) in [5, 5.41) is 4.16. The van der Waals surface area contributed by atoms with Crippen LogP contribution in [0.3, 0.4) is 0 Å². The first-order valence-electron chi connectivity index (χ1n) is 7.62. The van der Waals surface area contributed by atoms with Crippen LogP contribution < -0.4 is 15.8 Å². The highest BCUT2D eigenvalue weighted by Crippen LogP contribution is 2.33. The van der Waals surface area contributed by atoms with Gasteiger partial charge in [0.25, 0.3) is 0 Å². The fraction of sp³-hybridized carbons (Fsp3) is 0.375. The fourth-order valence-corrected chi connectivity index (χ4v) is 3.09. The Hall–Kier alpha value is -1.72. The molecule has 1 aliphatic rings. The molecule has 1 fully saturated rings. The van der Waals surface area contributed by atoms with Crippen LogP contribution in [0.2, 0.25) is 10.0 Å². The highest BCUT2D eigenvalue weighted by Gasteiger charge is 2.18. The van der Waals surface area contributed by atoms with Crippen LogP contribution in [-0.4, -0.2) is 16.1 Å². The minimum absolute atomic E-state index is 0.174. The summed E-state index contributed by atoms with van der Waals surface area (Å²) in [6.45, 7) is 0. The van der Waals surface area contributed by atoms with Crippen molar-refractivity contribution >= 4 is 40.4 Å². The molecule has 0 unspecified atom stereocenters. The Kier molecular flexibility index (Phi) is 5.08. The zero-order valence-corrected chi connectivity index (χ0v) is 14.1. The molecule has 1 aromatic heterocycles. The van der Waals surface area contributed by atoms with Crippen LogP contribution in [-0.2, 0) is 0 Å². The molecule has 3 rings (SSSR count). The lowest BCUT2D eigenvalue weighted by molar-refractivity contribution is 0.149. The molecule has 3 N–H and O–H groups in total.